The lowest BCUT2D eigenvalue weighted by Gasteiger charge is -2.28. The van der Waals surface area contributed by atoms with Crippen LogP contribution >= 0.6 is 0 Å². The van der Waals surface area contributed by atoms with Crippen LogP contribution in [0.15, 0.2) is 65.7 Å². The molecule has 2 atom stereocenters. The summed E-state index contributed by atoms with van der Waals surface area (Å²) in [4.78, 5) is 41.8. The number of hydrogen-bond donors (Lipinski definition) is 4. The van der Waals surface area contributed by atoms with Crippen molar-refractivity contribution in [3.05, 3.63) is 83.3 Å². The highest BCUT2D eigenvalue weighted by atomic mass is 32.2. The second-order valence-electron chi connectivity index (χ2n) is 13.0. The molecule has 0 unspecified atom stereocenters. The van der Waals surface area contributed by atoms with Crippen molar-refractivity contribution in [1.29, 1.82) is 0 Å². The molecule has 4 bridgehead atoms. The summed E-state index contributed by atoms with van der Waals surface area (Å²) in [5.41, 5.74) is 7.83. The number of likely N-dealkylation sites (N-methyl/N-ethyl adjacent to an activating group) is 1. The Kier molecular flexibility index (Phi) is 11.8. The number of carbonyl (C=O) groups is 3. The fourth-order valence-electron chi connectivity index (χ4n) is 5.96. The van der Waals surface area contributed by atoms with Crippen molar-refractivity contribution in [2.45, 2.75) is 67.4 Å². The Labute approximate surface area is 310 Å². The molecule has 0 radical (unpaired) electrons. The summed E-state index contributed by atoms with van der Waals surface area (Å²) in [6, 6.07) is 12.8. The fourth-order valence-corrected chi connectivity index (χ4v) is 7.82. The van der Waals surface area contributed by atoms with E-state index in [0.717, 1.165) is 6.20 Å². The van der Waals surface area contributed by atoms with Gasteiger partial charge < -0.3 is 31.1 Å². The van der Waals surface area contributed by atoms with E-state index in [1.807, 2.05) is 0 Å². The van der Waals surface area contributed by atoms with Crippen LogP contribution < -0.4 is 21.1 Å². The highest BCUT2D eigenvalue weighted by Gasteiger charge is 2.39. The molecule has 3 aromatic carbocycles. The van der Waals surface area contributed by atoms with E-state index in [9.17, 15) is 44.3 Å². The van der Waals surface area contributed by atoms with E-state index in [0.29, 0.717) is 46.3 Å². The number of ether oxygens (including phenoxy) is 1. The number of nitrogens with two attached hydrogens (primary N) is 1. The number of pyridine rings is 1. The standard InChI is InChI=1S/C34H34F3N5O5S.C2HF3O2/c1-18-11-31(43)40-21-5-10-29(48(45,46)23-6-7-23)20(12-21)16-42(2)34(44)32(19-3-9-28(25(18)13-19)47-17-30(36)37)41-22-4-8-24-26(14-22)27(35)15-39-33(24)38;3-2(4,5)1(6)7/h3-5,8-10,12-15,18,23,30,32,41H,6-7,11,16-17H2,1-2H3,(H2,38,39)(H,40,43);(H,6,7)/t18-,32-;/m1./s1. The number of hydrogen-bond acceptors (Lipinski definition) is 9. The third-order valence-corrected chi connectivity index (χ3v) is 11.2. The van der Waals surface area contributed by atoms with Crippen LogP contribution in [-0.2, 0) is 30.8 Å². The number of benzene rings is 3. The lowest BCUT2D eigenvalue weighted by Crippen LogP contribution is -2.35. The Bertz CT molecular complexity index is 2230. The van der Waals surface area contributed by atoms with Gasteiger partial charge in [0, 0.05) is 42.2 Å². The number of alkyl halides is 5. The fraction of sp³-hybridized carbons (Fsp3) is 0.333. The van der Waals surface area contributed by atoms with Gasteiger partial charge in [0.15, 0.2) is 9.84 Å². The van der Waals surface area contributed by atoms with Gasteiger partial charge in [-0.25, -0.2) is 31.4 Å². The Morgan fingerprint density at radius 3 is 2.42 bits per heavy atom. The largest absolute Gasteiger partial charge is 0.490 e. The number of nitrogen functional groups attached to an aromatic ring is 1. The SMILES string of the molecule is C[C@@H]1CC(=O)Nc2ccc(S(=O)(=O)C3CC3)c(c2)CN(C)C(=O)[C@H](Nc2ccc3c(N)ncc(F)c3c2)c2ccc(OCC(F)F)c1c2.O=C(O)C(F)(F)F. The van der Waals surface area contributed by atoms with Gasteiger partial charge in [-0.3, -0.25) is 9.59 Å². The smallest absolute Gasteiger partial charge is 0.487 e. The van der Waals surface area contributed by atoms with E-state index in [2.05, 4.69) is 15.6 Å². The van der Waals surface area contributed by atoms with Gasteiger partial charge in [-0.15, -0.1) is 0 Å². The van der Waals surface area contributed by atoms with E-state index in [4.69, 9.17) is 20.4 Å². The number of fused-ring (bicyclic) bond motifs is 5. The highest BCUT2D eigenvalue weighted by molar-refractivity contribution is 7.92. The first-order valence-electron chi connectivity index (χ1n) is 16.6. The highest BCUT2D eigenvalue weighted by Crippen LogP contribution is 2.38. The number of nitrogens with one attached hydrogen (secondary N) is 2. The average molecular weight is 796 g/mol. The molecule has 1 saturated carbocycles. The number of halogens is 6. The molecule has 1 fully saturated rings. The van der Waals surface area contributed by atoms with E-state index in [-0.39, 0.29) is 40.7 Å². The van der Waals surface area contributed by atoms with Gasteiger partial charge >= 0.3 is 12.1 Å². The number of sulfone groups is 1. The van der Waals surface area contributed by atoms with Crippen molar-refractivity contribution in [2.75, 3.05) is 30.0 Å². The third-order valence-electron chi connectivity index (χ3n) is 8.82. The number of nitrogens with zero attached hydrogens (tertiary/aromatic N) is 2. The van der Waals surface area contributed by atoms with Crippen molar-refractivity contribution in [3.63, 3.8) is 0 Å². The molecule has 2 heterocycles. The Balaban J connectivity index is 0.000000757. The molecule has 4 aromatic rings. The first kappa shape index (κ1) is 40.6. The van der Waals surface area contributed by atoms with Crippen LogP contribution in [0.25, 0.3) is 10.8 Å². The molecule has 6 rings (SSSR count). The number of aliphatic carboxylic acids is 1. The predicted molar refractivity (Wildman–Crippen MR) is 189 cm³/mol. The molecule has 0 spiro atoms. The Hall–Kier alpha value is -5.59. The summed E-state index contributed by atoms with van der Waals surface area (Å²) in [5, 5.41) is 13.2. The maximum Gasteiger partial charge on any atom is 0.490 e. The molecule has 55 heavy (non-hydrogen) atoms. The molecular formula is C36H35F6N5O7S. The zero-order valence-electron chi connectivity index (χ0n) is 29.2. The third kappa shape index (κ3) is 9.56. The lowest BCUT2D eigenvalue weighted by molar-refractivity contribution is -0.192. The number of rotatable bonds is 7. The minimum absolute atomic E-state index is 0.0721. The van der Waals surface area contributed by atoms with Crippen LogP contribution in [0.3, 0.4) is 0 Å². The van der Waals surface area contributed by atoms with E-state index >= 15 is 0 Å². The Morgan fingerprint density at radius 2 is 1.78 bits per heavy atom. The second kappa shape index (κ2) is 16.0. The lowest BCUT2D eigenvalue weighted by atomic mass is 9.92. The van der Waals surface area contributed by atoms with Gasteiger partial charge in [0.25, 0.3) is 6.43 Å². The van der Waals surface area contributed by atoms with Crippen molar-refractivity contribution >= 4 is 55.6 Å². The summed E-state index contributed by atoms with van der Waals surface area (Å²) in [6.45, 7) is 0.751. The normalized spacial score (nSPS) is 17.9. The molecule has 1 aliphatic heterocycles. The number of carbonyl (C=O) groups excluding carboxylic acids is 2. The molecule has 2 amide bonds. The van der Waals surface area contributed by atoms with Crippen molar-refractivity contribution in [3.8, 4) is 5.75 Å². The van der Waals surface area contributed by atoms with Gasteiger partial charge in [0.1, 0.15) is 30.0 Å². The topological polar surface area (TPSA) is 181 Å². The van der Waals surface area contributed by atoms with Gasteiger partial charge in [0.2, 0.25) is 11.8 Å². The number of aromatic nitrogens is 1. The minimum Gasteiger partial charge on any atom is -0.487 e. The number of amides is 2. The van der Waals surface area contributed by atoms with E-state index < -0.39 is 63.9 Å². The van der Waals surface area contributed by atoms with Crippen LogP contribution in [0, 0.1) is 5.82 Å². The van der Waals surface area contributed by atoms with Crippen molar-refractivity contribution in [1.82, 2.24) is 9.88 Å². The van der Waals surface area contributed by atoms with Crippen LogP contribution in [-0.4, -0.2) is 72.7 Å². The second-order valence-corrected chi connectivity index (χ2v) is 15.2. The quantitative estimate of drug-likeness (QED) is 0.152. The summed E-state index contributed by atoms with van der Waals surface area (Å²) >= 11 is 0. The van der Waals surface area contributed by atoms with Crippen LogP contribution in [0.5, 0.6) is 5.75 Å². The first-order valence-corrected chi connectivity index (χ1v) is 18.2. The zero-order chi connectivity index (χ0) is 40.4. The number of carboxylic acids is 1. The van der Waals surface area contributed by atoms with Gasteiger partial charge in [-0.05, 0) is 84.0 Å². The molecule has 12 nitrogen and oxygen atoms in total. The van der Waals surface area contributed by atoms with Crippen LogP contribution in [0.2, 0.25) is 0 Å². The average Bonchev–Trinajstić information content (AvgIpc) is 3.97. The summed E-state index contributed by atoms with van der Waals surface area (Å²) in [6.07, 6.45) is -5.79. The molecule has 5 N–H and O–H groups in total. The van der Waals surface area contributed by atoms with Crippen LogP contribution in [0.4, 0.5) is 43.5 Å². The molecule has 1 aliphatic carbocycles. The molecule has 294 valence electrons. The molecule has 0 saturated heterocycles. The monoisotopic (exact) mass is 795 g/mol. The minimum atomic E-state index is -5.08. The predicted octanol–water partition coefficient (Wildman–Crippen LogP) is 6.43. The first-order chi connectivity index (χ1) is 25.8. The van der Waals surface area contributed by atoms with Gasteiger partial charge in [-0.1, -0.05) is 13.0 Å². The maximum atomic E-state index is 14.8. The van der Waals surface area contributed by atoms with Crippen LogP contribution in [0.1, 0.15) is 54.8 Å². The van der Waals surface area contributed by atoms with Gasteiger partial charge in [0.05, 0.1) is 16.3 Å². The number of anilines is 3. The van der Waals surface area contributed by atoms with Crippen molar-refractivity contribution < 1.29 is 59.0 Å². The van der Waals surface area contributed by atoms with Crippen molar-refractivity contribution in [2.24, 2.45) is 0 Å². The molecule has 1 aromatic heterocycles. The zero-order valence-corrected chi connectivity index (χ0v) is 30.0. The van der Waals surface area contributed by atoms with Gasteiger partial charge in [-0.2, -0.15) is 13.2 Å². The van der Waals surface area contributed by atoms with E-state index in [1.165, 1.54) is 36.2 Å². The molecule has 19 heteroatoms. The number of carboxylic acid groups (broad SMARTS) is 1. The summed E-state index contributed by atoms with van der Waals surface area (Å²) in [7, 11) is -2.14. The molecular weight excluding hydrogens is 760 g/mol. The maximum absolute atomic E-state index is 14.8. The molecule has 2 aliphatic rings. The summed E-state index contributed by atoms with van der Waals surface area (Å²) < 4.78 is 105. The van der Waals surface area contributed by atoms with E-state index in [1.54, 1.807) is 37.3 Å². The summed E-state index contributed by atoms with van der Waals surface area (Å²) in [5.74, 6) is -4.51. The Morgan fingerprint density at radius 1 is 1.09 bits per heavy atom.